The third kappa shape index (κ3) is 6.54. The molecule has 0 spiro atoms. The summed E-state index contributed by atoms with van der Waals surface area (Å²) in [5, 5.41) is 12.0. The summed E-state index contributed by atoms with van der Waals surface area (Å²) >= 11 is 0. The number of hydrogen-bond donors (Lipinski definition) is 1. The molecule has 0 aliphatic rings. The Morgan fingerprint density at radius 2 is 2.08 bits per heavy atom. The highest BCUT2D eigenvalue weighted by Gasteiger charge is 2.21. The SMILES string of the molecule is CC(C)(C)/C(Cn1cncn1)=N/OCC(=O)N/N=C/c1ccccc1. The number of hydrazone groups is 1. The predicted molar refractivity (Wildman–Crippen MR) is 95.0 cm³/mol. The Morgan fingerprint density at radius 1 is 1.32 bits per heavy atom. The zero-order chi connectivity index (χ0) is 18.1. The minimum atomic E-state index is -0.384. The van der Waals surface area contributed by atoms with Crippen molar-refractivity contribution in [2.45, 2.75) is 27.3 Å². The second kappa shape index (κ2) is 8.72. The zero-order valence-corrected chi connectivity index (χ0v) is 14.6. The first kappa shape index (κ1) is 18.3. The Balaban J connectivity index is 1.84. The maximum Gasteiger partial charge on any atom is 0.280 e. The van der Waals surface area contributed by atoms with E-state index in [9.17, 15) is 4.79 Å². The lowest BCUT2D eigenvalue weighted by atomic mass is 9.90. The Hall–Kier alpha value is -3.03. The molecule has 0 radical (unpaired) electrons. The van der Waals surface area contributed by atoms with Gasteiger partial charge in [-0.2, -0.15) is 10.2 Å². The molecule has 0 saturated carbocycles. The van der Waals surface area contributed by atoms with Gasteiger partial charge in [-0.15, -0.1) is 0 Å². The molecule has 0 unspecified atom stereocenters. The lowest BCUT2D eigenvalue weighted by molar-refractivity contribution is -0.125. The number of carbonyl (C=O) groups is 1. The van der Waals surface area contributed by atoms with E-state index in [4.69, 9.17) is 4.84 Å². The summed E-state index contributed by atoms with van der Waals surface area (Å²) in [6.07, 6.45) is 4.62. The van der Waals surface area contributed by atoms with Crippen LogP contribution in [0.1, 0.15) is 26.3 Å². The highest BCUT2D eigenvalue weighted by atomic mass is 16.6. The summed E-state index contributed by atoms with van der Waals surface area (Å²) in [7, 11) is 0. The van der Waals surface area contributed by atoms with Crippen molar-refractivity contribution in [2.24, 2.45) is 15.7 Å². The highest BCUT2D eigenvalue weighted by Crippen LogP contribution is 2.17. The van der Waals surface area contributed by atoms with Crippen LogP contribution in [0.2, 0.25) is 0 Å². The molecule has 1 aromatic carbocycles. The first-order chi connectivity index (χ1) is 11.9. The molecule has 0 fully saturated rings. The van der Waals surface area contributed by atoms with Crippen LogP contribution < -0.4 is 5.43 Å². The van der Waals surface area contributed by atoms with Crippen LogP contribution in [0.5, 0.6) is 0 Å². The number of oxime groups is 1. The predicted octanol–water partition coefficient (Wildman–Crippen LogP) is 1.85. The maximum atomic E-state index is 11.7. The van der Waals surface area contributed by atoms with Crippen LogP contribution in [0, 0.1) is 5.41 Å². The van der Waals surface area contributed by atoms with Crippen LogP contribution in [0.3, 0.4) is 0 Å². The Kier molecular flexibility index (Phi) is 6.39. The normalized spacial score (nSPS) is 12.4. The van der Waals surface area contributed by atoms with Crippen molar-refractivity contribution in [1.82, 2.24) is 20.2 Å². The van der Waals surface area contributed by atoms with Gasteiger partial charge in [0.05, 0.1) is 18.5 Å². The molecule has 1 N–H and O–H groups in total. The minimum absolute atomic E-state index is 0.219. The first-order valence-corrected chi connectivity index (χ1v) is 7.84. The molecule has 132 valence electrons. The van der Waals surface area contributed by atoms with E-state index < -0.39 is 0 Å². The number of carbonyl (C=O) groups excluding carboxylic acids is 1. The van der Waals surface area contributed by atoms with Gasteiger partial charge in [0.1, 0.15) is 12.7 Å². The van der Waals surface area contributed by atoms with Gasteiger partial charge in [-0.1, -0.05) is 56.3 Å². The minimum Gasteiger partial charge on any atom is -0.386 e. The van der Waals surface area contributed by atoms with E-state index in [1.165, 1.54) is 6.33 Å². The molecule has 25 heavy (non-hydrogen) atoms. The van der Waals surface area contributed by atoms with Crippen LogP contribution >= 0.6 is 0 Å². The Labute approximate surface area is 146 Å². The summed E-state index contributed by atoms with van der Waals surface area (Å²) in [6.45, 7) is 6.25. The van der Waals surface area contributed by atoms with E-state index in [1.54, 1.807) is 17.2 Å². The third-order valence-electron chi connectivity index (χ3n) is 3.22. The lowest BCUT2D eigenvalue weighted by Gasteiger charge is -2.20. The molecular formula is C17H22N6O2. The maximum absolute atomic E-state index is 11.7. The van der Waals surface area contributed by atoms with Crippen LogP contribution in [0.25, 0.3) is 0 Å². The van der Waals surface area contributed by atoms with Crippen molar-refractivity contribution in [3.8, 4) is 0 Å². The fraction of sp³-hybridized carbons (Fsp3) is 0.353. The number of amides is 1. The number of hydrogen-bond acceptors (Lipinski definition) is 6. The van der Waals surface area contributed by atoms with E-state index >= 15 is 0 Å². The monoisotopic (exact) mass is 342 g/mol. The van der Waals surface area contributed by atoms with Gasteiger partial charge in [0, 0.05) is 5.41 Å². The molecule has 0 bridgehead atoms. The van der Waals surface area contributed by atoms with Gasteiger partial charge >= 0.3 is 0 Å². The van der Waals surface area contributed by atoms with Crippen molar-refractivity contribution >= 4 is 17.8 Å². The average molecular weight is 342 g/mol. The van der Waals surface area contributed by atoms with Gasteiger partial charge in [0.25, 0.3) is 5.91 Å². The summed E-state index contributed by atoms with van der Waals surface area (Å²) < 4.78 is 1.65. The zero-order valence-electron chi connectivity index (χ0n) is 14.6. The molecule has 1 heterocycles. The average Bonchev–Trinajstić information content (AvgIpc) is 3.07. The Bertz CT molecular complexity index is 717. The van der Waals surface area contributed by atoms with Gasteiger partial charge in [-0.3, -0.25) is 4.79 Å². The molecule has 0 saturated heterocycles. The van der Waals surface area contributed by atoms with Crippen LogP contribution in [-0.4, -0.2) is 39.2 Å². The Morgan fingerprint density at radius 3 is 2.72 bits per heavy atom. The molecule has 0 atom stereocenters. The van der Waals surface area contributed by atoms with Crippen molar-refractivity contribution in [3.63, 3.8) is 0 Å². The van der Waals surface area contributed by atoms with Gasteiger partial charge in [-0.05, 0) is 5.56 Å². The van der Waals surface area contributed by atoms with Crippen molar-refractivity contribution in [2.75, 3.05) is 6.61 Å². The fourth-order valence-electron chi connectivity index (χ4n) is 1.79. The highest BCUT2D eigenvalue weighted by molar-refractivity contribution is 5.88. The second-order valence-corrected chi connectivity index (χ2v) is 6.36. The molecule has 0 aliphatic heterocycles. The molecule has 1 aromatic heterocycles. The molecule has 1 amide bonds. The van der Waals surface area contributed by atoms with E-state index in [0.717, 1.165) is 11.3 Å². The van der Waals surface area contributed by atoms with Gasteiger partial charge < -0.3 is 4.84 Å². The van der Waals surface area contributed by atoms with Crippen molar-refractivity contribution in [1.29, 1.82) is 0 Å². The summed E-state index contributed by atoms with van der Waals surface area (Å²) in [4.78, 5) is 20.8. The second-order valence-electron chi connectivity index (χ2n) is 6.36. The van der Waals surface area contributed by atoms with Crippen molar-refractivity contribution < 1.29 is 9.63 Å². The lowest BCUT2D eigenvalue weighted by Crippen LogP contribution is -2.27. The molecule has 8 heteroatoms. The van der Waals surface area contributed by atoms with Crippen molar-refractivity contribution in [3.05, 3.63) is 48.5 Å². The van der Waals surface area contributed by atoms with Crippen LogP contribution in [0.4, 0.5) is 0 Å². The molecule has 2 aromatic rings. The largest absolute Gasteiger partial charge is 0.386 e. The topological polar surface area (TPSA) is 93.8 Å². The molecule has 2 rings (SSSR count). The van der Waals surface area contributed by atoms with Gasteiger partial charge in [0.2, 0.25) is 0 Å². The summed E-state index contributed by atoms with van der Waals surface area (Å²) in [5.41, 5.74) is 3.81. The molecule has 8 nitrogen and oxygen atoms in total. The van der Waals surface area contributed by atoms with E-state index in [0.29, 0.717) is 6.54 Å². The standard InChI is InChI=1S/C17H22N6O2/c1-17(2,3)15(10-23-13-18-12-20-23)22-25-11-16(24)21-19-9-14-7-5-4-6-8-14/h4-9,12-13H,10-11H2,1-3H3,(H,21,24)/b19-9+,22-15+. The fourth-order valence-corrected chi connectivity index (χ4v) is 1.79. The number of aromatic nitrogens is 3. The van der Waals surface area contributed by atoms with Gasteiger partial charge in [0.15, 0.2) is 6.61 Å². The van der Waals surface area contributed by atoms with Crippen LogP contribution in [-0.2, 0) is 16.2 Å². The molecular weight excluding hydrogens is 320 g/mol. The van der Waals surface area contributed by atoms with E-state index in [-0.39, 0.29) is 17.9 Å². The first-order valence-electron chi connectivity index (χ1n) is 7.84. The van der Waals surface area contributed by atoms with E-state index in [1.807, 2.05) is 51.1 Å². The quantitative estimate of drug-likeness (QED) is 0.614. The van der Waals surface area contributed by atoms with E-state index in [2.05, 4.69) is 25.8 Å². The number of rotatable bonds is 7. The summed E-state index contributed by atoms with van der Waals surface area (Å²) in [6, 6.07) is 9.47. The van der Waals surface area contributed by atoms with Gasteiger partial charge in [-0.25, -0.2) is 15.1 Å². The summed E-state index contributed by atoms with van der Waals surface area (Å²) in [5.74, 6) is -0.384. The molecule has 0 aliphatic carbocycles. The third-order valence-corrected chi connectivity index (χ3v) is 3.22. The smallest absolute Gasteiger partial charge is 0.280 e. The number of benzene rings is 1. The number of nitrogens with zero attached hydrogens (tertiary/aromatic N) is 5. The number of nitrogens with one attached hydrogen (secondary N) is 1. The van der Waals surface area contributed by atoms with Crippen LogP contribution in [0.15, 0.2) is 53.2 Å².